The molecule has 0 spiro atoms. The van der Waals surface area contributed by atoms with Gasteiger partial charge >= 0.3 is 0 Å². The van der Waals surface area contributed by atoms with Gasteiger partial charge in [-0.05, 0) is 44.3 Å². The van der Waals surface area contributed by atoms with E-state index in [-0.39, 0.29) is 28.7 Å². The molecule has 3 heterocycles. The second-order valence-corrected chi connectivity index (χ2v) is 12.4. The first-order valence-electron chi connectivity index (χ1n) is 10.1. The van der Waals surface area contributed by atoms with Gasteiger partial charge in [0, 0.05) is 19.6 Å². The fourth-order valence-corrected chi connectivity index (χ4v) is 6.93. The summed E-state index contributed by atoms with van der Waals surface area (Å²) in [6.07, 6.45) is 2.15. The molecule has 0 bridgehead atoms. The minimum atomic E-state index is -2.91. The zero-order valence-electron chi connectivity index (χ0n) is 18.3. The molecule has 1 amide bonds. The van der Waals surface area contributed by atoms with Gasteiger partial charge in [-0.25, -0.2) is 18.4 Å². The number of fused-ring (bicyclic) bond motifs is 1. The maximum atomic E-state index is 12.9. The van der Waals surface area contributed by atoms with Crippen LogP contribution in [0.4, 0.5) is 5.82 Å². The summed E-state index contributed by atoms with van der Waals surface area (Å²) in [4.78, 5) is 25.1. The first-order chi connectivity index (χ1) is 14.0. The van der Waals surface area contributed by atoms with E-state index in [4.69, 9.17) is 0 Å². The Hall–Kier alpha value is -1.78. The van der Waals surface area contributed by atoms with Crippen molar-refractivity contribution in [1.29, 1.82) is 0 Å². The third-order valence-corrected chi connectivity index (χ3v) is 8.33. The molecule has 0 unspecified atom stereocenters. The van der Waals surface area contributed by atoms with Gasteiger partial charge in [0.25, 0.3) is 5.91 Å². The Bertz CT molecular complexity index is 1030. The van der Waals surface area contributed by atoms with Crippen LogP contribution in [0.15, 0.2) is 6.33 Å². The molecule has 0 aromatic carbocycles. The summed E-state index contributed by atoms with van der Waals surface area (Å²) < 4.78 is 23.4. The molecule has 0 saturated carbocycles. The highest BCUT2D eigenvalue weighted by Crippen LogP contribution is 2.33. The number of carbonyl (C=O) groups is 1. The minimum Gasteiger partial charge on any atom is -0.369 e. The quantitative estimate of drug-likeness (QED) is 0.631. The number of nitrogens with zero attached hydrogens (tertiary/aromatic N) is 3. The first-order valence-corrected chi connectivity index (χ1v) is 12.7. The summed E-state index contributed by atoms with van der Waals surface area (Å²) in [6, 6.07) is 0. The van der Waals surface area contributed by atoms with Gasteiger partial charge in [0.05, 0.1) is 21.8 Å². The van der Waals surface area contributed by atoms with Crippen LogP contribution in [0.3, 0.4) is 0 Å². The van der Waals surface area contributed by atoms with Crippen molar-refractivity contribution in [2.24, 2.45) is 11.3 Å². The highest BCUT2D eigenvalue weighted by atomic mass is 32.2. The molecule has 1 fully saturated rings. The van der Waals surface area contributed by atoms with E-state index in [9.17, 15) is 13.2 Å². The van der Waals surface area contributed by atoms with Crippen molar-refractivity contribution in [1.82, 2.24) is 20.2 Å². The molecular formula is C20H31N5O3S2. The summed E-state index contributed by atoms with van der Waals surface area (Å²) in [6.45, 7) is 8.15. The van der Waals surface area contributed by atoms with Gasteiger partial charge in [-0.3, -0.25) is 4.79 Å². The molecule has 0 aliphatic carbocycles. The molecule has 2 N–H and O–H groups in total. The molecule has 1 saturated heterocycles. The molecule has 2 aromatic heterocycles. The van der Waals surface area contributed by atoms with Crippen LogP contribution in [-0.2, 0) is 9.84 Å². The van der Waals surface area contributed by atoms with Crippen molar-refractivity contribution >= 4 is 43.1 Å². The summed E-state index contributed by atoms with van der Waals surface area (Å²) >= 11 is 1.36. The van der Waals surface area contributed by atoms with E-state index >= 15 is 0 Å². The Morgan fingerprint density at radius 3 is 2.70 bits per heavy atom. The molecule has 1 aliphatic heterocycles. The number of nitrogens with one attached hydrogen (secondary N) is 2. The van der Waals surface area contributed by atoms with Gasteiger partial charge in [0.1, 0.15) is 17.0 Å². The van der Waals surface area contributed by atoms with Gasteiger partial charge in [-0.1, -0.05) is 13.8 Å². The SMILES string of the molecule is Cc1c(C(=O)NCC(C)(C)CN(C)C)sc2ncnc(NC[C@H]3CCS(=O)(=O)C3)c12. The van der Waals surface area contributed by atoms with E-state index in [1.165, 1.54) is 17.7 Å². The van der Waals surface area contributed by atoms with Crippen LogP contribution in [0.1, 0.15) is 35.5 Å². The topological polar surface area (TPSA) is 104 Å². The highest BCUT2D eigenvalue weighted by molar-refractivity contribution is 7.91. The van der Waals surface area contributed by atoms with Gasteiger partial charge < -0.3 is 15.5 Å². The standard InChI is InChI=1S/C20H31N5O3S2/c1-13-15-17(21-8-14-6-7-30(27,28)9-14)23-12-24-19(15)29-16(13)18(26)22-10-20(2,3)11-25(4)5/h12,14H,6-11H2,1-5H3,(H,22,26)(H,21,23,24)/t14-/m1/s1. The predicted molar refractivity (Wildman–Crippen MR) is 122 cm³/mol. The van der Waals surface area contributed by atoms with Crippen LogP contribution in [0.25, 0.3) is 10.2 Å². The number of hydrogen-bond acceptors (Lipinski definition) is 8. The molecule has 2 aromatic rings. The molecular weight excluding hydrogens is 422 g/mol. The van der Waals surface area contributed by atoms with Crippen LogP contribution in [-0.4, -0.2) is 74.4 Å². The van der Waals surface area contributed by atoms with Crippen molar-refractivity contribution < 1.29 is 13.2 Å². The number of carbonyl (C=O) groups excluding carboxylic acids is 1. The smallest absolute Gasteiger partial charge is 0.261 e. The molecule has 10 heteroatoms. The Kier molecular flexibility index (Phi) is 6.69. The molecule has 1 aliphatic rings. The van der Waals surface area contributed by atoms with Crippen molar-refractivity contribution in [3.05, 3.63) is 16.8 Å². The van der Waals surface area contributed by atoms with Crippen LogP contribution in [0.5, 0.6) is 0 Å². The number of thiophene rings is 1. The van der Waals surface area contributed by atoms with Crippen LogP contribution < -0.4 is 10.6 Å². The Labute approximate surface area is 182 Å². The summed E-state index contributed by atoms with van der Waals surface area (Å²) in [7, 11) is 1.13. The predicted octanol–water partition coefficient (Wildman–Crippen LogP) is 2.16. The van der Waals surface area contributed by atoms with E-state index in [1.54, 1.807) is 0 Å². The lowest BCUT2D eigenvalue weighted by atomic mass is 9.93. The summed E-state index contributed by atoms with van der Waals surface area (Å²) in [5, 5.41) is 7.19. The third-order valence-electron chi connectivity index (χ3n) is 5.29. The highest BCUT2D eigenvalue weighted by Gasteiger charge is 2.28. The van der Waals surface area contributed by atoms with E-state index in [0.717, 1.165) is 22.3 Å². The first kappa shape index (κ1) is 22.9. The largest absolute Gasteiger partial charge is 0.369 e. The van der Waals surface area contributed by atoms with Crippen molar-refractivity contribution in [2.75, 3.05) is 50.6 Å². The fraction of sp³-hybridized carbons (Fsp3) is 0.650. The molecule has 1 atom stereocenters. The Morgan fingerprint density at radius 1 is 1.33 bits per heavy atom. The number of anilines is 1. The maximum Gasteiger partial charge on any atom is 0.261 e. The van der Waals surface area contributed by atoms with Crippen molar-refractivity contribution in [3.8, 4) is 0 Å². The number of aryl methyl sites for hydroxylation is 1. The summed E-state index contributed by atoms with van der Waals surface area (Å²) in [5.74, 6) is 1.11. The molecule has 166 valence electrons. The second-order valence-electron chi connectivity index (χ2n) is 9.19. The van der Waals surface area contributed by atoms with E-state index in [2.05, 4.69) is 39.3 Å². The number of amides is 1. The number of sulfone groups is 1. The normalized spacial score (nSPS) is 18.8. The molecule has 30 heavy (non-hydrogen) atoms. The van der Waals surface area contributed by atoms with E-state index in [1.807, 2.05) is 21.0 Å². The van der Waals surface area contributed by atoms with Crippen LogP contribution >= 0.6 is 11.3 Å². The van der Waals surface area contributed by atoms with Crippen molar-refractivity contribution in [2.45, 2.75) is 27.2 Å². The average Bonchev–Trinajstić information content (AvgIpc) is 3.16. The third kappa shape index (κ3) is 5.47. The second kappa shape index (κ2) is 8.76. The Morgan fingerprint density at radius 2 is 2.07 bits per heavy atom. The van der Waals surface area contributed by atoms with Crippen molar-refractivity contribution in [3.63, 3.8) is 0 Å². The average molecular weight is 454 g/mol. The van der Waals surface area contributed by atoms with Gasteiger partial charge in [0.15, 0.2) is 9.84 Å². The van der Waals surface area contributed by atoms with E-state index < -0.39 is 9.84 Å². The monoisotopic (exact) mass is 453 g/mol. The molecule has 3 rings (SSSR count). The number of hydrogen-bond donors (Lipinski definition) is 2. The number of aromatic nitrogens is 2. The maximum absolute atomic E-state index is 12.9. The molecule has 8 nitrogen and oxygen atoms in total. The lowest BCUT2D eigenvalue weighted by Gasteiger charge is -2.28. The fourth-order valence-electron chi connectivity index (χ4n) is 4.01. The lowest BCUT2D eigenvalue weighted by Crippen LogP contribution is -2.39. The summed E-state index contributed by atoms with van der Waals surface area (Å²) in [5.41, 5.74) is 0.804. The lowest BCUT2D eigenvalue weighted by molar-refractivity contribution is 0.0933. The van der Waals surface area contributed by atoms with Gasteiger partial charge in [0.2, 0.25) is 0 Å². The van der Waals surface area contributed by atoms with Crippen LogP contribution in [0, 0.1) is 18.3 Å². The van der Waals surface area contributed by atoms with Crippen LogP contribution in [0.2, 0.25) is 0 Å². The van der Waals surface area contributed by atoms with E-state index in [0.29, 0.717) is 30.2 Å². The zero-order chi connectivity index (χ0) is 22.1. The number of rotatable bonds is 8. The Balaban J connectivity index is 1.74. The van der Waals surface area contributed by atoms with Gasteiger partial charge in [-0.15, -0.1) is 11.3 Å². The molecule has 0 radical (unpaired) electrons. The van der Waals surface area contributed by atoms with Gasteiger partial charge in [-0.2, -0.15) is 0 Å². The zero-order valence-corrected chi connectivity index (χ0v) is 19.9. The minimum absolute atomic E-state index is 0.0438.